The SMILES string of the molecule is COCc1ccccc1CNC(=O)c1ccc(Cl)cc1N1CCCC1=O. The molecule has 2 aromatic rings. The Morgan fingerprint density at radius 3 is 2.69 bits per heavy atom. The van der Waals surface area contributed by atoms with Crippen LogP contribution in [0.25, 0.3) is 0 Å². The van der Waals surface area contributed by atoms with Crippen molar-refractivity contribution in [3.63, 3.8) is 0 Å². The van der Waals surface area contributed by atoms with Crippen LogP contribution in [0, 0.1) is 0 Å². The van der Waals surface area contributed by atoms with E-state index < -0.39 is 0 Å². The van der Waals surface area contributed by atoms with Gasteiger partial charge in [0.2, 0.25) is 5.91 Å². The molecule has 3 rings (SSSR count). The summed E-state index contributed by atoms with van der Waals surface area (Å²) in [5, 5.41) is 3.44. The predicted molar refractivity (Wildman–Crippen MR) is 101 cm³/mol. The zero-order chi connectivity index (χ0) is 18.5. The minimum absolute atomic E-state index is 0.0201. The van der Waals surface area contributed by atoms with Gasteiger partial charge in [-0.1, -0.05) is 35.9 Å². The van der Waals surface area contributed by atoms with Crippen LogP contribution < -0.4 is 10.2 Å². The van der Waals surface area contributed by atoms with E-state index in [1.165, 1.54) is 0 Å². The Bertz CT molecular complexity index is 822. The minimum Gasteiger partial charge on any atom is -0.380 e. The lowest BCUT2D eigenvalue weighted by molar-refractivity contribution is -0.117. The lowest BCUT2D eigenvalue weighted by Crippen LogP contribution is -2.29. The molecule has 1 aliphatic heterocycles. The van der Waals surface area contributed by atoms with Crippen LogP contribution in [-0.4, -0.2) is 25.5 Å². The topological polar surface area (TPSA) is 58.6 Å². The molecule has 26 heavy (non-hydrogen) atoms. The Hall–Kier alpha value is -2.37. The van der Waals surface area contributed by atoms with Crippen molar-refractivity contribution in [2.75, 3.05) is 18.6 Å². The highest BCUT2D eigenvalue weighted by Gasteiger charge is 2.26. The molecule has 0 radical (unpaired) electrons. The number of anilines is 1. The van der Waals surface area contributed by atoms with E-state index in [9.17, 15) is 9.59 Å². The van der Waals surface area contributed by atoms with Crippen molar-refractivity contribution in [3.8, 4) is 0 Å². The highest BCUT2D eigenvalue weighted by atomic mass is 35.5. The average molecular weight is 373 g/mol. The number of carbonyl (C=O) groups is 2. The largest absolute Gasteiger partial charge is 0.380 e. The number of methoxy groups -OCH3 is 1. The van der Waals surface area contributed by atoms with Gasteiger partial charge in [-0.15, -0.1) is 0 Å². The van der Waals surface area contributed by atoms with E-state index in [0.29, 0.717) is 42.4 Å². The number of carbonyl (C=O) groups excluding carboxylic acids is 2. The van der Waals surface area contributed by atoms with E-state index in [1.807, 2.05) is 24.3 Å². The Balaban J connectivity index is 1.79. The highest BCUT2D eigenvalue weighted by Crippen LogP contribution is 2.28. The van der Waals surface area contributed by atoms with Gasteiger partial charge < -0.3 is 15.0 Å². The molecule has 0 atom stereocenters. The monoisotopic (exact) mass is 372 g/mol. The lowest BCUT2D eigenvalue weighted by atomic mass is 10.1. The van der Waals surface area contributed by atoms with Crippen LogP contribution in [0.4, 0.5) is 5.69 Å². The Morgan fingerprint density at radius 2 is 2.00 bits per heavy atom. The fourth-order valence-electron chi connectivity index (χ4n) is 3.12. The second-order valence-electron chi connectivity index (χ2n) is 6.19. The van der Waals surface area contributed by atoms with Crippen molar-refractivity contribution >= 4 is 29.1 Å². The number of halogens is 1. The average Bonchev–Trinajstić information content (AvgIpc) is 3.07. The summed E-state index contributed by atoms with van der Waals surface area (Å²) in [7, 11) is 1.64. The van der Waals surface area contributed by atoms with Gasteiger partial charge in [-0.2, -0.15) is 0 Å². The van der Waals surface area contributed by atoms with Gasteiger partial charge in [-0.05, 0) is 35.7 Å². The molecular formula is C20H21ClN2O3. The molecule has 136 valence electrons. The third kappa shape index (κ3) is 4.06. The highest BCUT2D eigenvalue weighted by molar-refractivity contribution is 6.31. The number of nitrogens with one attached hydrogen (secondary N) is 1. The molecule has 1 fully saturated rings. The van der Waals surface area contributed by atoms with Crippen LogP contribution >= 0.6 is 11.6 Å². The molecule has 2 amide bonds. The van der Waals surface area contributed by atoms with E-state index in [0.717, 1.165) is 17.5 Å². The van der Waals surface area contributed by atoms with Crippen molar-refractivity contribution in [2.45, 2.75) is 26.0 Å². The summed E-state index contributed by atoms with van der Waals surface area (Å²) in [6.07, 6.45) is 1.29. The summed E-state index contributed by atoms with van der Waals surface area (Å²) >= 11 is 6.09. The Morgan fingerprint density at radius 1 is 1.23 bits per heavy atom. The molecule has 1 aliphatic rings. The van der Waals surface area contributed by atoms with Gasteiger partial charge in [-0.3, -0.25) is 9.59 Å². The Kier molecular flexibility index (Phi) is 5.91. The molecule has 0 spiro atoms. The number of hydrogen-bond donors (Lipinski definition) is 1. The van der Waals surface area contributed by atoms with Crippen LogP contribution in [0.2, 0.25) is 5.02 Å². The predicted octanol–water partition coefficient (Wildman–Crippen LogP) is 3.54. The van der Waals surface area contributed by atoms with Crippen LogP contribution in [0.1, 0.15) is 34.3 Å². The summed E-state index contributed by atoms with van der Waals surface area (Å²) < 4.78 is 5.20. The number of benzene rings is 2. The molecule has 1 saturated heterocycles. The lowest BCUT2D eigenvalue weighted by Gasteiger charge is -2.20. The molecule has 5 nitrogen and oxygen atoms in total. The summed E-state index contributed by atoms with van der Waals surface area (Å²) in [5.41, 5.74) is 3.05. The van der Waals surface area contributed by atoms with Crippen molar-refractivity contribution in [1.29, 1.82) is 0 Å². The molecule has 2 aromatic carbocycles. The van der Waals surface area contributed by atoms with E-state index in [4.69, 9.17) is 16.3 Å². The van der Waals surface area contributed by atoms with Gasteiger partial charge in [0.25, 0.3) is 5.91 Å². The summed E-state index contributed by atoms with van der Waals surface area (Å²) in [6, 6.07) is 12.8. The quantitative estimate of drug-likeness (QED) is 0.843. The third-order valence-electron chi connectivity index (χ3n) is 4.43. The molecule has 0 aliphatic carbocycles. The third-order valence-corrected chi connectivity index (χ3v) is 4.66. The zero-order valence-electron chi connectivity index (χ0n) is 14.6. The fraction of sp³-hybridized carbons (Fsp3) is 0.300. The first-order valence-electron chi connectivity index (χ1n) is 8.54. The molecule has 6 heteroatoms. The number of ether oxygens (including phenoxy) is 1. The van der Waals surface area contributed by atoms with E-state index in [2.05, 4.69) is 5.32 Å². The maximum Gasteiger partial charge on any atom is 0.253 e. The normalized spacial score (nSPS) is 13.9. The van der Waals surface area contributed by atoms with E-state index >= 15 is 0 Å². The first kappa shape index (κ1) is 18.4. The number of rotatable bonds is 6. The number of nitrogens with zero attached hydrogens (tertiary/aromatic N) is 1. The first-order chi connectivity index (χ1) is 12.6. The molecule has 0 unspecified atom stereocenters. The van der Waals surface area contributed by atoms with Gasteiger partial charge in [0.15, 0.2) is 0 Å². The van der Waals surface area contributed by atoms with Gasteiger partial charge in [0, 0.05) is 31.6 Å². The maximum absolute atomic E-state index is 12.8. The van der Waals surface area contributed by atoms with Crippen molar-refractivity contribution in [1.82, 2.24) is 5.32 Å². The second-order valence-corrected chi connectivity index (χ2v) is 6.63. The van der Waals surface area contributed by atoms with Gasteiger partial charge >= 0.3 is 0 Å². The first-order valence-corrected chi connectivity index (χ1v) is 8.92. The van der Waals surface area contributed by atoms with E-state index in [-0.39, 0.29) is 11.8 Å². The second kappa shape index (κ2) is 8.34. The molecule has 0 saturated carbocycles. The fourth-order valence-corrected chi connectivity index (χ4v) is 3.29. The zero-order valence-corrected chi connectivity index (χ0v) is 15.4. The number of amides is 2. The molecular weight excluding hydrogens is 352 g/mol. The standard InChI is InChI=1S/C20H21ClN2O3/c1-26-13-15-6-3-2-5-14(15)12-22-20(25)17-9-8-16(21)11-18(17)23-10-4-7-19(23)24/h2-3,5-6,8-9,11H,4,7,10,12-13H2,1H3,(H,22,25). The van der Waals surface area contributed by atoms with Crippen molar-refractivity contribution in [3.05, 3.63) is 64.2 Å². The Labute approximate surface area is 157 Å². The van der Waals surface area contributed by atoms with E-state index in [1.54, 1.807) is 30.2 Å². The van der Waals surface area contributed by atoms with Crippen molar-refractivity contribution < 1.29 is 14.3 Å². The van der Waals surface area contributed by atoms with Crippen molar-refractivity contribution in [2.24, 2.45) is 0 Å². The summed E-state index contributed by atoms with van der Waals surface area (Å²) in [5.74, 6) is -0.213. The number of hydrogen-bond acceptors (Lipinski definition) is 3. The van der Waals surface area contributed by atoms with Crippen LogP contribution in [-0.2, 0) is 22.7 Å². The van der Waals surface area contributed by atoms with Gasteiger partial charge in [0.05, 0.1) is 17.9 Å². The maximum atomic E-state index is 12.8. The van der Waals surface area contributed by atoms with Gasteiger partial charge in [-0.25, -0.2) is 0 Å². The molecule has 1 N–H and O–H groups in total. The minimum atomic E-state index is -0.233. The van der Waals surface area contributed by atoms with Gasteiger partial charge in [0.1, 0.15) is 0 Å². The molecule has 0 aromatic heterocycles. The molecule has 0 bridgehead atoms. The van der Waals surface area contributed by atoms with Crippen LogP contribution in [0.3, 0.4) is 0 Å². The van der Waals surface area contributed by atoms with Crippen LogP contribution in [0.15, 0.2) is 42.5 Å². The summed E-state index contributed by atoms with van der Waals surface area (Å²) in [6.45, 7) is 1.48. The van der Waals surface area contributed by atoms with Crippen LogP contribution in [0.5, 0.6) is 0 Å². The smallest absolute Gasteiger partial charge is 0.253 e. The summed E-state index contributed by atoms with van der Waals surface area (Å²) in [4.78, 5) is 26.5. The molecule has 1 heterocycles.